The zero-order chi connectivity index (χ0) is 17.3. The average molecular weight is 346 g/mol. The summed E-state index contributed by atoms with van der Waals surface area (Å²) in [7, 11) is -1.85. The third-order valence-corrected chi connectivity index (χ3v) is 10.4. The normalized spacial score (nSPS) is 24.0. The van der Waals surface area contributed by atoms with Gasteiger partial charge >= 0.3 is 0 Å². The number of nitrogens with zero attached hydrogens (tertiary/aromatic N) is 1. The minimum absolute atomic E-state index is 0.0540. The maximum absolute atomic E-state index is 12.8. The molecule has 2 fully saturated rings. The lowest BCUT2D eigenvalue weighted by atomic mass is 9.92. The van der Waals surface area contributed by atoms with Crippen LogP contribution in [0.5, 0.6) is 0 Å². The van der Waals surface area contributed by atoms with Crippen molar-refractivity contribution in [2.45, 2.75) is 63.9 Å². The molecule has 0 radical (unpaired) electrons. The van der Waals surface area contributed by atoms with Gasteiger partial charge in [-0.05, 0) is 49.0 Å². The largest absolute Gasteiger partial charge is 0.403 e. The van der Waals surface area contributed by atoms with E-state index in [1.807, 2.05) is 18.2 Å². The molecule has 2 amide bonds. The maximum atomic E-state index is 12.8. The summed E-state index contributed by atoms with van der Waals surface area (Å²) in [5.41, 5.74) is 0.583. The molecular formula is C19H27NO3Si. The number of hydrogen-bond donors (Lipinski definition) is 0. The van der Waals surface area contributed by atoms with Gasteiger partial charge in [0.1, 0.15) is 6.10 Å². The van der Waals surface area contributed by atoms with E-state index in [0.29, 0.717) is 11.5 Å². The van der Waals surface area contributed by atoms with Gasteiger partial charge in [-0.15, -0.1) is 0 Å². The number of carbonyl (C=O) groups excluding carboxylic acids is 2. The Morgan fingerprint density at radius 1 is 1.12 bits per heavy atom. The summed E-state index contributed by atoms with van der Waals surface area (Å²) in [6.07, 6.45) is 1.79. The number of hydrogen-bond acceptors (Lipinski definition) is 3. The van der Waals surface area contributed by atoms with Crippen LogP contribution in [0.25, 0.3) is 0 Å². The number of benzene rings is 1. The zero-order valence-electron chi connectivity index (χ0n) is 14.8. The van der Waals surface area contributed by atoms with Gasteiger partial charge in [-0.3, -0.25) is 14.5 Å². The summed E-state index contributed by atoms with van der Waals surface area (Å²) >= 11 is 0. The third kappa shape index (κ3) is 2.95. The van der Waals surface area contributed by atoms with Gasteiger partial charge in [-0.1, -0.05) is 39.0 Å². The smallest absolute Gasteiger partial charge is 0.260 e. The van der Waals surface area contributed by atoms with Gasteiger partial charge < -0.3 is 4.43 Å². The third-order valence-electron chi connectivity index (χ3n) is 5.74. The van der Waals surface area contributed by atoms with Crippen molar-refractivity contribution >= 4 is 20.1 Å². The number of rotatable bonds is 7. The molecule has 1 aliphatic carbocycles. The highest BCUT2D eigenvalue weighted by atomic mass is 28.4. The minimum atomic E-state index is -1.85. The molecule has 1 saturated carbocycles. The van der Waals surface area contributed by atoms with Gasteiger partial charge in [0.25, 0.3) is 11.8 Å². The molecule has 3 rings (SSSR count). The van der Waals surface area contributed by atoms with E-state index in [1.54, 1.807) is 12.1 Å². The Hall–Kier alpha value is -1.46. The SMILES string of the molecule is CC[Si](CC)(CC)OC1C(=O)N(C(=O)c2ccccc2)C1C1CC1. The first-order valence-electron chi connectivity index (χ1n) is 9.17. The number of carbonyl (C=O) groups is 2. The Morgan fingerprint density at radius 3 is 2.21 bits per heavy atom. The van der Waals surface area contributed by atoms with Crippen LogP contribution in [-0.2, 0) is 9.22 Å². The number of likely N-dealkylation sites (tertiary alicyclic amines) is 1. The summed E-state index contributed by atoms with van der Waals surface area (Å²) in [6.45, 7) is 6.50. The predicted octanol–water partition coefficient (Wildman–Crippen LogP) is 3.84. The van der Waals surface area contributed by atoms with Gasteiger partial charge in [0, 0.05) is 5.56 Å². The topological polar surface area (TPSA) is 46.6 Å². The van der Waals surface area contributed by atoms with Crippen LogP contribution in [0.15, 0.2) is 30.3 Å². The number of β-lactam (4-membered cyclic amide) rings is 1. The van der Waals surface area contributed by atoms with Gasteiger partial charge in [-0.25, -0.2) is 0 Å². The fraction of sp³-hybridized carbons (Fsp3) is 0.579. The van der Waals surface area contributed by atoms with E-state index in [1.165, 1.54) is 4.90 Å². The first-order valence-corrected chi connectivity index (χ1v) is 11.7. The lowest BCUT2D eigenvalue weighted by Crippen LogP contribution is -2.70. The molecule has 2 unspecified atom stereocenters. The Labute approximate surface area is 145 Å². The Kier molecular flexibility index (Phi) is 4.92. The molecule has 1 aromatic rings. The second kappa shape index (κ2) is 6.80. The van der Waals surface area contributed by atoms with E-state index >= 15 is 0 Å². The van der Waals surface area contributed by atoms with E-state index in [4.69, 9.17) is 4.43 Å². The van der Waals surface area contributed by atoms with Crippen molar-refractivity contribution in [3.8, 4) is 0 Å². The van der Waals surface area contributed by atoms with Gasteiger partial charge in [0.15, 0.2) is 8.32 Å². The molecule has 2 atom stereocenters. The Bertz CT molecular complexity index is 602. The molecule has 24 heavy (non-hydrogen) atoms. The Morgan fingerprint density at radius 2 is 1.71 bits per heavy atom. The van der Waals surface area contributed by atoms with Crippen LogP contribution in [-0.4, -0.2) is 37.2 Å². The molecule has 2 aliphatic rings. The standard InChI is InChI=1S/C19H27NO3Si/c1-4-24(5-2,6-3)23-17-16(14-12-13-14)20(19(17)22)18(21)15-10-8-7-9-11-15/h7-11,14,16-17H,4-6,12-13H2,1-3H3. The van der Waals surface area contributed by atoms with E-state index in [-0.39, 0.29) is 17.9 Å². The van der Waals surface area contributed by atoms with Crippen LogP contribution >= 0.6 is 0 Å². The summed E-state index contributed by atoms with van der Waals surface area (Å²) in [5, 5.41) is 0. The van der Waals surface area contributed by atoms with Crippen molar-refractivity contribution in [1.29, 1.82) is 0 Å². The van der Waals surface area contributed by atoms with Gasteiger partial charge in [-0.2, -0.15) is 0 Å². The molecule has 0 N–H and O–H groups in total. The first kappa shape index (κ1) is 17.4. The van der Waals surface area contributed by atoms with E-state index in [2.05, 4.69) is 20.8 Å². The van der Waals surface area contributed by atoms with Crippen LogP contribution < -0.4 is 0 Å². The average Bonchev–Trinajstić information content (AvgIpc) is 3.46. The molecule has 4 nitrogen and oxygen atoms in total. The molecule has 130 valence electrons. The fourth-order valence-corrected chi connectivity index (χ4v) is 6.50. The molecule has 1 aliphatic heterocycles. The summed E-state index contributed by atoms with van der Waals surface area (Å²) < 4.78 is 6.46. The maximum Gasteiger partial charge on any atom is 0.260 e. The fourth-order valence-electron chi connectivity index (χ4n) is 3.72. The molecule has 0 spiro atoms. The zero-order valence-corrected chi connectivity index (χ0v) is 15.8. The quantitative estimate of drug-likeness (QED) is 0.428. The highest BCUT2D eigenvalue weighted by Gasteiger charge is 2.58. The van der Waals surface area contributed by atoms with Crippen LogP contribution in [0.4, 0.5) is 0 Å². The van der Waals surface area contributed by atoms with Crippen molar-refractivity contribution in [3.63, 3.8) is 0 Å². The highest BCUT2D eigenvalue weighted by Crippen LogP contribution is 2.45. The van der Waals surface area contributed by atoms with E-state index in [9.17, 15) is 9.59 Å². The van der Waals surface area contributed by atoms with Crippen LogP contribution in [0.2, 0.25) is 18.1 Å². The van der Waals surface area contributed by atoms with Crippen molar-refractivity contribution in [2.75, 3.05) is 0 Å². The lowest BCUT2D eigenvalue weighted by Gasteiger charge is -2.49. The van der Waals surface area contributed by atoms with Crippen LogP contribution in [0, 0.1) is 5.92 Å². The Balaban J connectivity index is 1.79. The summed E-state index contributed by atoms with van der Waals surface area (Å²) in [5.74, 6) is 0.125. The first-order chi connectivity index (χ1) is 11.6. The molecule has 1 aromatic carbocycles. The minimum Gasteiger partial charge on any atom is -0.403 e. The molecule has 0 aromatic heterocycles. The van der Waals surface area contributed by atoms with Gasteiger partial charge in [0.05, 0.1) is 6.04 Å². The second-order valence-electron chi connectivity index (χ2n) is 6.99. The number of imide groups is 1. The summed E-state index contributed by atoms with van der Waals surface area (Å²) in [4.78, 5) is 27.0. The second-order valence-corrected chi connectivity index (χ2v) is 11.7. The molecular weight excluding hydrogens is 318 g/mol. The van der Waals surface area contributed by atoms with E-state index < -0.39 is 14.4 Å². The monoisotopic (exact) mass is 345 g/mol. The van der Waals surface area contributed by atoms with Crippen molar-refractivity contribution in [1.82, 2.24) is 4.90 Å². The van der Waals surface area contributed by atoms with Crippen molar-refractivity contribution in [3.05, 3.63) is 35.9 Å². The van der Waals surface area contributed by atoms with E-state index in [0.717, 1.165) is 31.0 Å². The molecule has 1 heterocycles. The van der Waals surface area contributed by atoms with Crippen LogP contribution in [0.3, 0.4) is 0 Å². The molecule has 5 heteroatoms. The number of amides is 2. The van der Waals surface area contributed by atoms with Crippen LogP contribution in [0.1, 0.15) is 44.0 Å². The summed E-state index contributed by atoms with van der Waals surface area (Å²) in [6, 6.07) is 12.1. The highest BCUT2D eigenvalue weighted by molar-refractivity contribution is 6.73. The molecule has 1 saturated heterocycles. The van der Waals surface area contributed by atoms with Gasteiger partial charge in [0.2, 0.25) is 0 Å². The lowest BCUT2D eigenvalue weighted by molar-refractivity contribution is -0.159. The molecule has 0 bridgehead atoms. The van der Waals surface area contributed by atoms with Crippen molar-refractivity contribution in [2.24, 2.45) is 5.92 Å². The predicted molar refractivity (Wildman–Crippen MR) is 96.2 cm³/mol. The van der Waals surface area contributed by atoms with Crippen molar-refractivity contribution < 1.29 is 14.0 Å².